The molecule has 1 aromatic heterocycles. The fraction of sp³-hybridized carbons (Fsp3) is 0.455. The molecule has 0 spiro atoms. The lowest BCUT2D eigenvalue weighted by atomic mass is 10.3. The van der Waals surface area contributed by atoms with Crippen LogP contribution < -0.4 is 5.32 Å². The van der Waals surface area contributed by atoms with Crippen LogP contribution in [0.1, 0.15) is 19.4 Å². The fourth-order valence-corrected chi connectivity index (χ4v) is 1.34. The van der Waals surface area contributed by atoms with E-state index in [0.717, 1.165) is 11.3 Å². The van der Waals surface area contributed by atoms with Gasteiger partial charge in [0.15, 0.2) is 0 Å². The molecule has 15 heavy (non-hydrogen) atoms. The second kappa shape index (κ2) is 5.34. The summed E-state index contributed by atoms with van der Waals surface area (Å²) >= 11 is 0. The highest BCUT2D eigenvalue weighted by Crippen LogP contribution is 2.08. The summed E-state index contributed by atoms with van der Waals surface area (Å²) in [5.74, 6) is 0. The van der Waals surface area contributed by atoms with Crippen LogP contribution in [0.4, 0.5) is 10.5 Å². The lowest BCUT2D eigenvalue weighted by Gasteiger charge is -2.19. The highest BCUT2D eigenvalue weighted by Gasteiger charge is 2.08. The maximum absolute atomic E-state index is 11.7. The van der Waals surface area contributed by atoms with Gasteiger partial charge >= 0.3 is 6.03 Å². The van der Waals surface area contributed by atoms with E-state index in [1.165, 1.54) is 0 Å². The number of amides is 2. The Morgan fingerprint density at radius 1 is 1.40 bits per heavy atom. The number of hydrogen-bond donors (Lipinski definition) is 1. The van der Waals surface area contributed by atoms with E-state index in [1.807, 2.05) is 26.8 Å². The number of anilines is 1. The number of nitrogens with zero attached hydrogens (tertiary/aromatic N) is 2. The van der Waals surface area contributed by atoms with Crippen molar-refractivity contribution in [2.75, 3.05) is 18.4 Å². The van der Waals surface area contributed by atoms with E-state index in [1.54, 1.807) is 17.3 Å². The number of nitrogens with one attached hydrogen (secondary N) is 1. The first-order chi connectivity index (χ1) is 7.17. The van der Waals surface area contributed by atoms with Crippen LogP contribution in [0.15, 0.2) is 18.5 Å². The lowest BCUT2D eigenvalue weighted by Crippen LogP contribution is -2.34. The van der Waals surface area contributed by atoms with Gasteiger partial charge in [0.05, 0.1) is 11.9 Å². The Bertz CT molecular complexity index is 334. The smallest absolute Gasteiger partial charge is 0.321 e. The maximum Gasteiger partial charge on any atom is 0.321 e. The number of urea groups is 1. The van der Waals surface area contributed by atoms with Crippen molar-refractivity contribution in [3.63, 3.8) is 0 Å². The van der Waals surface area contributed by atoms with E-state index in [0.29, 0.717) is 13.1 Å². The molecule has 0 radical (unpaired) electrons. The minimum Gasteiger partial charge on any atom is -0.325 e. The molecule has 82 valence electrons. The Kier molecular flexibility index (Phi) is 4.09. The quantitative estimate of drug-likeness (QED) is 0.826. The Labute approximate surface area is 90.3 Å². The van der Waals surface area contributed by atoms with Crippen LogP contribution >= 0.6 is 0 Å². The normalized spacial score (nSPS) is 9.80. The van der Waals surface area contributed by atoms with Crippen LogP contribution in [0.3, 0.4) is 0 Å². The fourth-order valence-electron chi connectivity index (χ4n) is 1.34. The van der Waals surface area contributed by atoms with Crippen LogP contribution in [-0.2, 0) is 0 Å². The van der Waals surface area contributed by atoms with Crippen molar-refractivity contribution < 1.29 is 4.79 Å². The average Bonchev–Trinajstić information content (AvgIpc) is 2.19. The molecule has 4 nitrogen and oxygen atoms in total. The molecule has 2 amide bonds. The molecule has 1 heterocycles. The SMILES string of the molecule is CCN(CC)C(=O)Nc1cncc(C)c1. The summed E-state index contributed by atoms with van der Waals surface area (Å²) in [6.45, 7) is 7.28. The van der Waals surface area contributed by atoms with Crippen LogP contribution in [-0.4, -0.2) is 29.0 Å². The van der Waals surface area contributed by atoms with Gasteiger partial charge in [-0.1, -0.05) is 0 Å². The van der Waals surface area contributed by atoms with Gasteiger partial charge in [0, 0.05) is 19.3 Å². The number of carbonyl (C=O) groups is 1. The van der Waals surface area contributed by atoms with Gasteiger partial charge in [0.2, 0.25) is 0 Å². The van der Waals surface area contributed by atoms with Gasteiger partial charge in [-0.3, -0.25) is 4.98 Å². The molecule has 1 aromatic rings. The third kappa shape index (κ3) is 3.23. The van der Waals surface area contributed by atoms with Crippen LogP contribution in [0.5, 0.6) is 0 Å². The average molecular weight is 207 g/mol. The number of carbonyl (C=O) groups excluding carboxylic acids is 1. The van der Waals surface area contributed by atoms with Gasteiger partial charge in [-0.25, -0.2) is 4.79 Å². The Balaban J connectivity index is 2.65. The van der Waals surface area contributed by atoms with E-state index >= 15 is 0 Å². The first-order valence-electron chi connectivity index (χ1n) is 5.15. The van der Waals surface area contributed by atoms with E-state index < -0.39 is 0 Å². The second-order valence-electron chi connectivity index (χ2n) is 3.35. The first-order valence-corrected chi connectivity index (χ1v) is 5.15. The van der Waals surface area contributed by atoms with Crippen molar-refractivity contribution >= 4 is 11.7 Å². The molecule has 4 heteroatoms. The molecule has 0 atom stereocenters. The third-order valence-electron chi connectivity index (χ3n) is 2.18. The molecule has 0 bridgehead atoms. The predicted octanol–water partition coefficient (Wildman–Crippen LogP) is 2.26. The van der Waals surface area contributed by atoms with Crippen LogP contribution in [0.2, 0.25) is 0 Å². The molecule has 1 rings (SSSR count). The van der Waals surface area contributed by atoms with E-state index in [-0.39, 0.29) is 6.03 Å². The minimum atomic E-state index is -0.0765. The molecule has 0 aliphatic carbocycles. The zero-order valence-corrected chi connectivity index (χ0v) is 9.45. The zero-order chi connectivity index (χ0) is 11.3. The zero-order valence-electron chi connectivity index (χ0n) is 9.45. The van der Waals surface area contributed by atoms with E-state index in [2.05, 4.69) is 10.3 Å². The van der Waals surface area contributed by atoms with Gasteiger partial charge in [-0.05, 0) is 32.4 Å². The maximum atomic E-state index is 11.7. The van der Waals surface area contributed by atoms with Gasteiger partial charge in [0.25, 0.3) is 0 Å². The van der Waals surface area contributed by atoms with Crippen LogP contribution in [0, 0.1) is 6.92 Å². The molecular formula is C11H17N3O. The van der Waals surface area contributed by atoms with E-state index in [4.69, 9.17) is 0 Å². The van der Waals surface area contributed by atoms with Crippen molar-refractivity contribution in [1.29, 1.82) is 0 Å². The van der Waals surface area contributed by atoms with Crippen molar-refractivity contribution in [1.82, 2.24) is 9.88 Å². The number of hydrogen-bond acceptors (Lipinski definition) is 2. The number of aromatic nitrogens is 1. The summed E-state index contributed by atoms with van der Waals surface area (Å²) in [5.41, 5.74) is 1.78. The van der Waals surface area contributed by atoms with E-state index in [9.17, 15) is 4.79 Å². The van der Waals surface area contributed by atoms with Crippen molar-refractivity contribution in [3.8, 4) is 0 Å². The molecule has 0 aromatic carbocycles. The highest BCUT2D eigenvalue weighted by molar-refractivity contribution is 5.89. The molecule has 0 unspecified atom stereocenters. The third-order valence-corrected chi connectivity index (χ3v) is 2.18. The predicted molar refractivity (Wildman–Crippen MR) is 60.9 cm³/mol. The van der Waals surface area contributed by atoms with Crippen molar-refractivity contribution in [2.24, 2.45) is 0 Å². The summed E-state index contributed by atoms with van der Waals surface area (Å²) in [4.78, 5) is 17.4. The Morgan fingerprint density at radius 2 is 2.07 bits per heavy atom. The number of pyridine rings is 1. The monoisotopic (exact) mass is 207 g/mol. The summed E-state index contributed by atoms with van der Waals surface area (Å²) in [6, 6.07) is 1.82. The number of aryl methyl sites for hydroxylation is 1. The molecular weight excluding hydrogens is 190 g/mol. The molecule has 0 fully saturated rings. The number of rotatable bonds is 3. The van der Waals surface area contributed by atoms with Gasteiger partial charge in [-0.15, -0.1) is 0 Å². The largest absolute Gasteiger partial charge is 0.325 e. The van der Waals surface area contributed by atoms with Gasteiger partial charge in [-0.2, -0.15) is 0 Å². The molecule has 0 aliphatic rings. The summed E-state index contributed by atoms with van der Waals surface area (Å²) < 4.78 is 0. The standard InChI is InChI=1S/C11H17N3O/c1-4-14(5-2)11(15)13-10-6-9(3)7-12-8-10/h6-8H,4-5H2,1-3H3,(H,13,15). The van der Waals surface area contributed by atoms with Gasteiger partial charge in [0.1, 0.15) is 0 Å². The van der Waals surface area contributed by atoms with Crippen LogP contribution in [0.25, 0.3) is 0 Å². The highest BCUT2D eigenvalue weighted by atomic mass is 16.2. The minimum absolute atomic E-state index is 0.0765. The first kappa shape index (κ1) is 11.5. The van der Waals surface area contributed by atoms with Crippen molar-refractivity contribution in [3.05, 3.63) is 24.0 Å². The van der Waals surface area contributed by atoms with Gasteiger partial charge < -0.3 is 10.2 Å². The Hall–Kier alpha value is -1.58. The topological polar surface area (TPSA) is 45.2 Å². The molecule has 0 saturated heterocycles. The van der Waals surface area contributed by atoms with Crippen molar-refractivity contribution in [2.45, 2.75) is 20.8 Å². The Morgan fingerprint density at radius 3 is 2.60 bits per heavy atom. The molecule has 0 aliphatic heterocycles. The molecule has 1 N–H and O–H groups in total. The summed E-state index contributed by atoms with van der Waals surface area (Å²) in [5, 5.41) is 2.81. The lowest BCUT2D eigenvalue weighted by molar-refractivity contribution is 0.217. The summed E-state index contributed by atoms with van der Waals surface area (Å²) in [7, 11) is 0. The second-order valence-corrected chi connectivity index (χ2v) is 3.35. The molecule has 0 saturated carbocycles. The summed E-state index contributed by atoms with van der Waals surface area (Å²) in [6.07, 6.45) is 3.40.